The quantitative estimate of drug-likeness (QED) is 0.423. The molecule has 2 aromatic carbocycles. The van der Waals surface area contributed by atoms with Crippen molar-refractivity contribution < 1.29 is 52.4 Å². The minimum atomic E-state index is -4.45. The summed E-state index contributed by atoms with van der Waals surface area (Å²) >= 11 is 0. The number of para-hydroxylation sites is 3. The van der Waals surface area contributed by atoms with Gasteiger partial charge in [-0.2, -0.15) is 8.42 Å². The van der Waals surface area contributed by atoms with E-state index in [-0.39, 0.29) is 51.7 Å². The fourth-order valence-corrected chi connectivity index (χ4v) is 3.12. The van der Waals surface area contributed by atoms with Crippen LogP contribution in [0.4, 0.5) is 0 Å². The molecule has 0 aliphatic heterocycles. The molecule has 1 N–H and O–H groups in total. The predicted molar refractivity (Wildman–Crippen MR) is 90.1 cm³/mol. The van der Waals surface area contributed by atoms with Gasteiger partial charge >= 0.3 is 29.6 Å². The van der Waals surface area contributed by atoms with Crippen molar-refractivity contribution >= 4 is 10.1 Å². The average molecular weight is 372 g/mol. The van der Waals surface area contributed by atoms with Crippen molar-refractivity contribution in [2.45, 2.75) is 43.9 Å². The monoisotopic (exact) mass is 372 g/mol. The summed E-state index contributed by atoms with van der Waals surface area (Å²) in [5.74, 6) is -0.289. The first-order chi connectivity index (χ1) is 11.4. The molecule has 7 heteroatoms. The number of unbranched alkanes of at least 4 members (excludes halogenated alkanes) is 3. The van der Waals surface area contributed by atoms with Gasteiger partial charge in [0.15, 0.2) is 5.75 Å². The first-order valence-corrected chi connectivity index (χ1v) is 9.40. The predicted octanol–water partition coefficient (Wildman–Crippen LogP) is 0.926. The van der Waals surface area contributed by atoms with E-state index in [9.17, 15) is 18.1 Å². The van der Waals surface area contributed by atoms with Crippen LogP contribution in [0.2, 0.25) is 0 Å². The number of rotatable bonds is 8. The topological polar surface area (TPSA) is 86.7 Å². The summed E-state index contributed by atoms with van der Waals surface area (Å²) < 4.78 is 38.4. The van der Waals surface area contributed by atoms with Gasteiger partial charge in [0.2, 0.25) is 0 Å². The van der Waals surface area contributed by atoms with Crippen molar-refractivity contribution in [2.75, 3.05) is 0 Å². The van der Waals surface area contributed by atoms with Gasteiger partial charge in [-0.3, -0.25) is 4.55 Å². The fraction of sp³-hybridized carbons (Fsp3) is 0.333. The van der Waals surface area contributed by atoms with E-state index in [1.165, 1.54) is 18.2 Å². The Hall–Kier alpha value is -1.05. The van der Waals surface area contributed by atoms with Gasteiger partial charge < -0.3 is 9.84 Å². The molecule has 0 aliphatic carbocycles. The number of hydrogen-bond donors (Lipinski definition) is 1. The Balaban J connectivity index is 0.00000312. The molecule has 0 saturated heterocycles. The summed E-state index contributed by atoms with van der Waals surface area (Å²) in [5, 5.41) is 11.9. The van der Waals surface area contributed by atoms with E-state index in [1.54, 1.807) is 24.3 Å². The van der Waals surface area contributed by atoms with Crippen molar-refractivity contribution in [2.24, 2.45) is 0 Å². The second kappa shape index (κ2) is 10.2. The van der Waals surface area contributed by atoms with Crippen molar-refractivity contribution in [1.29, 1.82) is 0 Å². The van der Waals surface area contributed by atoms with Gasteiger partial charge in [0.25, 0.3) is 10.1 Å². The third-order valence-electron chi connectivity index (χ3n) is 3.70. The molecule has 0 bridgehead atoms. The molecule has 2 aromatic rings. The SMILES string of the molecule is CCCCCCc1cccc(S(=O)(=O)O)c1Oc1ccccc1[O-].[Na+]. The number of hydrogen-bond acceptors (Lipinski definition) is 4. The van der Waals surface area contributed by atoms with Crippen LogP contribution < -0.4 is 39.4 Å². The molecule has 0 fully saturated rings. The molecule has 130 valence electrons. The van der Waals surface area contributed by atoms with Gasteiger partial charge in [0, 0.05) is 0 Å². The molecule has 0 amide bonds. The summed E-state index contributed by atoms with van der Waals surface area (Å²) in [5.41, 5.74) is 0.657. The maximum absolute atomic E-state index is 11.9. The summed E-state index contributed by atoms with van der Waals surface area (Å²) in [6.07, 6.45) is 4.69. The van der Waals surface area contributed by atoms with Gasteiger partial charge in [-0.25, -0.2) is 0 Å². The Morgan fingerprint density at radius 3 is 2.40 bits per heavy atom. The van der Waals surface area contributed by atoms with Gasteiger partial charge in [-0.15, -0.1) is 0 Å². The third kappa shape index (κ3) is 6.31. The van der Waals surface area contributed by atoms with Crippen molar-refractivity contribution in [3.63, 3.8) is 0 Å². The zero-order chi connectivity index (χ0) is 17.6. The molecular formula is C18H21NaO5S. The summed E-state index contributed by atoms with van der Waals surface area (Å²) in [6.45, 7) is 2.11. The largest absolute Gasteiger partial charge is 1.00 e. The molecule has 0 unspecified atom stereocenters. The van der Waals surface area contributed by atoms with Crippen LogP contribution in [0.1, 0.15) is 38.2 Å². The summed E-state index contributed by atoms with van der Waals surface area (Å²) in [6, 6.07) is 10.6. The van der Waals surface area contributed by atoms with E-state index < -0.39 is 10.1 Å². The molecular weight excluding hydrogens is 351 g/mol. The maximum atomic E-state index is 11.9. The minimum Gasteiger partial charge on any atom is -0.870 e. The van der Waals surface area contributed by atoms with Crippen LogP contribution in [0, 0.1) is 0 Å². The van der Waals surface area contributed by atoms with Crippen LogP contribution in [0.15, 0.2) is 47.4 Å². The Morgan fingerprint density at radius 2 is 1.76 bits per heavy atom. The molecule has 0 radical (unpaired) electrons. The zero-order valence-electron chi connectivity index (χ0n) is 14.6. The Morgan fingerprint density at radius 1 is 1.04 bits per heavy atom. The molecule has 25 heavy (non-hydrogen) atoms. The van der Waals surface area contributed by atoms with E-state index in [0.29, 0.717) is 12.0 Å². The molecule has 5 nitrogen and oxygen atoms in total. The smallest absolute Gasteiger partial charge is 0.870 e. The van der Waals surface area contributed by atoms with E-state index in [2.05, 4.69) is 6.92 Å². The summed E-state index contributed by atoms with van der Waals surface area (Å²) in [7, 11) is -4.45. The molecule has 0 spiro atoms. The first-order valence-electron chi connectivity index (χ1n) is 7.96. The van der Waals surface area contributed by atoms with Crippen molar-refractivity contribution in [1.82, 2.24) is 0 Å². The first kappa shape index (κ1) is 22.0. The standard InChI is InChI=1S/C18H22O5S.Na/c1-2-3-4-5-9-14-10-8-13-17(24(20,21)22)18(14)23-16-12-7-6-11-15(16)19;/h6-8,10-13,19H,2-5,9H2,1H3,(H,20,21,22);/q;+1/p-1. The number of benzene rings is 2. The molecule has 0 aromatic heterocycles. The van der Waals surface area contributed by atoms with Gasteiger partial charge in [-0.1, -0.05) is 62.3 Å². The van der Waals surface area contributed by atoms with Crippen LogP contribution in [-0.4, -0.2) is 13.0 Å². The maximum Gasteiger partial charge on any atom is 1.00 e. The normalized spacial score (nSPS) is 11.0. The van der Waals surface area contributed by atoms with Gasteiger partial charge in [-0.05, 0) is 30.5 Å². The van der Waals surface area contributed by atoms with E-state index >= 15 is 0 Å². The molecule has 0 atom stereocenters. The second-order valence-corrected chi connectivity index (χ2v) is 6.97. The second-order valence-electron chi connectivity index (χ2n) is 5.58. The van der Waals surface area contributed by atoms with Gasteiger partial charge in [0.1, 0.15) is 10.6 Å². The Labute approximate surface area is 171 Å². The molecule has 0 heterocycles. The number of aryl methyl sites for hydroxylation is 1. The fourth-order valence-electron chi connectivity index (χ4n) is 2.46. The van der Waals surface area contributed by atoms with Crippen LogP contribution in [0.5, 0.6) is 17.2 Å². The number of ether oxygens (including phenoxy) is 1. The third-order valence-corrected chi connectivity index (χ3v) is 4.58. The van der Waals surface area contributed by atoms with Crippen molar-refractivity contribution in [3.05, 3.63) is 48.0 Å². The van der Waals surface area contributed by atoms with Crippen LogP contribution in [-0.2, 0) is 16.5 Å². The average Bonchev–Trinajstić information content (AvgIpc) is 2.53. The Bertz CT molecular complexity index is 790. The zero-order valence-corrected chi connectivity index (χ0v) is 17.4. The minimum absolute atomic E-state index is 0. The molecule has 0 saturated carbocycles. The van der Waals surface area contributed by atoms with Crippen molar-refractivity contribution in [3.8, 4) is 17.2 Å². The van der Waals surface area contributed by atoms with Gasteiger partial charge in [0.05, 0.1) is 0 Å². The van der Waals surface area contributed by atoms with E-state index in [1.807, 2.05) is 0 Å². The van der Waals surface area contributed by atoms with E-state index in [0.717, 1.165) is 25.7 Å². The molecule has 0 aliphatic rings. The van der Waals surface area contributed by atoms with Crippen LogP contribution in [0.3, 0.4) is 0 Å². The summed E-state index contributed by atoms with van der Waals surface area (Å²) in [4.78, 5) is -0.321. The Kier molecular flexibility index (Phi) is 8.96. The molecule has 2 rings (SSSR count). The van der Waals surface area contributed by atoms with E-state index in [4.69, 9.17) is 4.74 Å². The van der Waals surface area contributed by atoms with Crippen LogP contribution >= 0.6 is 0 Å². The van der Waals surface area contributed by atoms with Crippen LogP contribution in [0.25, 0.3) is 0 Å².